The molecule has 0 saturated carbocycles. The van der Waals surface area contributed by atoms with Gasteiger partial charge in [0.2, 0.25) is 0 Å². The van der Waals surface area contributed by atoms with Crippen molar-refractivity contribution in [2.75, 3.05) is 20.3 Å². The highest BCUT2D eigenvalue weighted by molar-refractivity contribution is 6.30. The van der Waals surface area contributed by atoms with Crippen LogP contribution < -0.4 is 5.32 Å². The van der Waals surface area contributed by atoms with Crippen molar-refractivity contribution in [3.8, 4) is 24.0 Å². The molecule has 7 heteroatoms. The third kappa shape index (κ3) is 7.54. The number of methoxy groups -OCH3 is 1. The van der Waals surface area contributed by atoms with Gasteiger partial charge in [-0.3, -0.25) is 9.78 Å². The van der Waals surface area contributed by atoms with Crippen LogP contribution in [0.3, 0.4) is 0 Å². The Morgan fingerprint density at radius 1 is 1.22 bits per heavy atom. The van der Waals surface area contributed by atoms with E-state index in [-0.39, 0.29) is 19.1 Å². The second kappa shape index (κ2) is 14.0. The minimum atomic E-state index is -0.218. The van der Waals surface area contributed by atoms with Crippen LogP contribution >= 0.6 is 11.6 Å². The van der Waals surface area contributed by atoms with Gasteiger partial charge >= 0.3 is 0 Å². The Kier molecular flexibility index (Phi) is 11.8. The maximum atomic E-state index is 12.2. The van der Waals surface area contributed by atoms with E-state index in [0.29, 0.717) is 12.3 Å². The molecule has 0 aliphatic rings. The van der Waals surface area contributed by atoms with E-state index in [4.69, 9.17) is 21.4 Å². The molecule has 0 radical (unpaired) electrons. The first-order valence-corrected chi connectivity index (χ1v) is 10.3. The van der Waals surface area contributed by atoms with Crippen LogP contribution in [0.2, 0.25) is 5.02 Å². The predicted octanol–water partition coefficient (Wildman–Crippen LogP) is 4.46. The number of rotatable bonds is 6. The van der Waals surface area contributed by atoms with Crippen LogP contribution in [0.15, 0.2) is 42.6 Å². The van der Waals surface area contributed by atoms with Gasteiger partial charge in [0.15, 0.2) is 0 Å². The summed E-state index contributed by atoms with van der Waals surface area (Å²) in [5.41, 5.74) is 6.21. The van der Waals surface area contributed by atoms with Gasteiger partial charge < -0.3 is 20.1 Å². The number of nitrogens with one attached hydrogen (secondary N) is 2. The number of H-pyrrole nitrogens is 1. The Bertz CT molecular complexity index is 1010. The van der Waals surface area contributed by atoms with E-state index >= 15 is 0 Å². The molecule has 170 valence electrons. The van der Waals surface area contributed by atoms with Crippen molar-refractivity contribution in [1.82, 2.24) is 15.3 Å². The van der Waals surface area contributed by atoms with Gasteiger partial charge in [-0.15, -0.1) is 12.8 Å². The summed E-state index contributed by atoms with van der Waals surface area (Å²) >= 11 is 5.54. The number of amides is 1. The van der Waals surface area contributed by atoms with Crippen LogP contribution in [-0.4, -0.2) is 41.2 Å². The third-order valence-electron chi connectivity index (χ3n) is 4.49. The molecular formula is C25H30ClN3O3. The lowest BCUT2D eigenvalue weighted by molar-refractivity contribution is 0.0939. The van der Waals surface area contributed by atoms with Crippen molar-refractivity contribution in [2.24, 2.45) is 0 Å². The molecule has 0 unspecified atom stereocenters. The second-order valence-electron chi connectivity index (χ2n) is 6.82. The van der Waals surface area contributed by atoms with E-state index in [1.54, 1.807) is 7.11 Å². The number of ether oxygens (including phenoxy) is 1. The number of aliphatic hydroxyl groups is 1. The maximum Gasteiger partial charge on any atom is 0.268 e. The first kappa shape index (κ1) is 26.9. The van der Waals surface area contributed by atoms with E-state index in [0.717, 1.165) is 38.7 Å². The number of terminal acetylenes is 1. The number of halogens is 1. The first-order valence-electron chi connectivity index (χ1n) is 9.96. The van der Waals surface area contributed by atoms with Crippen molar-refractivity contribution in [2.45, 2.75) is 27.4 Å². The van der Waals surface area contributed by atoms with Gasteiger partial charge in [0.1, 0.15) is 5.69 Å². The van der Waals surface area contributed by atoms with Crippen molar-refractivity contribution >= 4 is 17.5 Å². The summed E-state index contributed by atoms with van der Waals surface area (Å²) in [6.07, 6.45) is 9.81. The zero-order valence-electron chi connectivity index (χ0n) is 18.9. The van der Waals surface area contributed by atoms with Crippen molar-refractivity contribution in [3.05, 3.63) is 75.8 Å². The van der Waals surface area contributed by atoms with Crippen LogP contribution in [0, 0.1) is 33.6 Å². The molecule has 3 N–H and O–H groups in total. The largest absolute Gasteiger partial charge is 0.395 e. The fourth-order valence-electron chi connectivity index (χ4n) is 3.14. The van der Waals surface area contributed by atoms with E-state index in [1.807, 2.05) is 63.4 Å². The van der Waals surface area contributed by atoms with Crippen LogP contribution in [0.1, 0.15) is 33.0 Å². The fraction of sp³-hybridized carbons (Fsp3) is 0.280. The molecule has 2 aromatic heterocycles. The van der Waals surface area contributed by atoms with Crippen molar-refractivity contribution in [1.29, 1.82) is 0 Å². The summed E-state index contributed by atoms with van der Waals surface area (Å²) < 4.78 is 5.26. The quantitative estimate of drug-likeness (QED) is 0.479. The number of benzene rings is 1. The fourth-order valence-corrected chi connectivity index (χ4v) is 3.29. The molecule has 3 rings (SSSR count). The maximum absolute atomic E-state index is 12.2. The van der Waals surface area contributed by atoms with Gasteiger partial charge in [-0.25, -0.2) is 0 Å². The molecule has 3 aromatic rings. The highest BCUT2D eigenvalue weighted by Crippen LogP contribution is 2.32. The summed E-state index contributed by atoms with van der Waals surface area (Å²) in [6.45, 7) is 6.40. The molecule has 0 spiro atoms. The topological polar surface area (TPSA) is 87.2 Å². The normalized spacial score (nSPS) is 9.75. The first-order chi connectivity index (χ1) is 15.4. The van der Waals surface area contributed by atoms with Crippen LogP contribution in [0.4, 0.5) is 0 Å². The van der Waals surface area contributed by atoms with Gasteiger partial charge in [-0.1, -0.05) is 29.8 Å². The molecule has 0 aliphatic carbocycles. The molecule has 1 amide bonds. The highest BCUT2D eigenvalue weighted by Gasteiger charge is 2.20. The number of carbonyl (C=O) groups is 1. The average molecular weight is 456 g/mol. The molecule has 2 heterocycles. The van der Waals surface area contributed by atoms with Crippen LogP contribution in [0.5, 0.6) is 0 Å². The zero-order valence-corrected chi connectivity index (χ0v) is 19.7. The summed E-state index contributed by atoms with van der Waals surface area (Å²) in [5, 5.41) is 12.3. The number of aromatic amines is 1. The smallest absolute Gasteiger partial charge is 0.268 e. The summed E-state index contributed by atoms with van der Waals surface area (Å²) in [7, 11) is 1.65. The number of hydrogen-bond donors (Lipinski definition) is 3. The molecule has 0 fully saturated rings. The lowest BCUT2D eigenvalue weighted by Crippen LogP contribution is -2.27. The molecule has 0 bridgehead atoms. The molecule has 0 atom stereocenters. The van der Waals surface area contributed by atoms with Crippen LogP contribution in [-0.2, 0) is 11.3 Å². The molecule has 0 aliphatic heterocycles. The molecule has 6 nitrogen and oxygen atoms in total. The second-order valence-corrected chi connectivity index (χ2v) is 7.25. The Balaban J connectivity index is 0.000000477. The standard InChI is InChI=1S/C17H23N3O3.C6H5Cl.C2H2/c1-10-7-14(13(8-19-10)9-23-4)15-11(2)16(20-12(15)3)17(22)18-5-6-21;7-6-4-2-1-3-5-6;1-2/h7-8,20-21H,5-6,9H2,1-4H3,(H,18,22);1-5H;1-2H. The van der Waals surface area contributed by atoms with Gasteiger partial charge in [-0.2, -0.15) is 0 Å². The molecule has 0 saturated heterocycles. The number of pyridine rings is 1. The van der Waals surface area contributed by atoms with E-state index in [2.05, 4.69) is 28.1 Å². The summed E-state index contributed by atoms with van der Waals surface area (Å²) in [6, 6.07) is 11.5. The number of aryl methyl sites for hydroxylation is 2. The van der Waals surface area contributed by atoms with Gasteiger partial charge in [0.05, 0.1) is 13.2 Å². The third-order valence-corrected chi connectivity index (χ3v) is 4.74. The monoisotopic (exact) mass is 455 g/mol. The Labute approximate surface area is 195 Å². The summed E-state index contributed by atoms with van der Waals surface area (Å²) in [5.74, 6) is -0.218. The van der Waals surface area contributed by atoms with E-state index in [1.165, 1.54) is 0 Å². The predicted molar refractivity (Wildman–Crippen MR) is 130 cm³/mol. The average Bonchev–Trinajstić information content (AvgIpc) is 3.09. The van der Waals surface area contributed by atoms with E-state index < -0.39 is 0 Å². The van der Waals surface area contributed by atoms with E-state index in [9.17, 15) is 4.79 Å². The SMILES string of the molecule is C#C.COCc1cnc(C)cc1-c1c(C)[nH]c(C(=O)NCCO)c1C.Clc1ccccc1. The Morgan fingerprint density at radius 2 is 1.88 bits per heavy atom. The van der Waals surface area contributed by atoms with Crippen LogP contribution in [0.25, 0.3) is 11.1 Å². The lowest BCUT2D eigenvalue weighted by Gasteiger charge is -2.11. The number of hydrogen-bond acceptors (Lipinski definition) is 4. The molecule has 32 heavy (non-hydrogen) atoms. The summed E-state index contributed by atoms with van der Waals surface area (Å²) in [4.78, 5) is 19.7. The number of carbonyl (C=O) groups excluding carboxylic acids is 1. The number of aliphatic hydroxyl groups excluding tert-OH is 1. The van der Waals surface area contributed by atoms with Crippen molar-refractivity contribution < 1.29 is 14.6 Å². The van der Waals surface area contributed by atoms with Crippen molar-refractivity contribution in [3.63, 3.8) is 0 Å². The Hall–Kier alpha value is -3.11. The zero-order chi connectivity index (χ0) is 24.1. The minimum Gasteiger partial charge on any atom is -0.395 e. The molecular weight excluding hydrogens is 426 g/mol. The molecule has 1 aromatic carbocycles. The highest BCUT2D eigenvalue weighted by atomic mass is 35.5. The van der Waals surface area contributed by atoms with Gasteiger partial charge in [0.25, 0.3) is 5.91 Å². The van der Waals surface area contributed by atoms with Gasteiger partial charge in [-0.05, 0) is 50.1 Å². The number of nitrogens with zero attached hydrogens (tertiary/aromatic N) is 1. The number of aromatic nitrogens is 2. The Morgan fingerprint density at radius 3 is 2.41 bits per heavy atom. The minimum absolute atomic E-state index is 0.0845. The lowest BCUT2D eigenvalue weighted by atomic mass is 9.97. The van der Waals surface area contributed by atoms with Gasteiger partial charge in [0, 0.05) is 47.4 Å².